The molecule has 0 fully saturated rings. The van der Waals surface area contributed by atoms with Gasteiger partial charge in [-0.3, -0.25) is 9.79 Å². The van der Waals surface area contributed by atoms with Crippen LogP contribution in [0.3, 0.4) is 0 Å². The van der Waals surface area contributed by atoms with Crippen LogP contribution in [0.4, 0.5) is 0 Å². The largest absolute Gasteiger partial charge is 0.489 e. The number of amides is 1. The van der Waals surface area contributed by atoms with Crippen molar-refractivity contribution in [3.8, 4) is 5.75 Å². The quantitative estimate of drug-likeness (QED) is 0.211. The van der Waals surface area contributed by atoms with Crippen molar-refractivity contribution in [3.05, 3.63) is 64.7 Å². The van der Waals surface area contributed by atoms with Crippen molar-refractivity contribution in [2.45, 2.75) is 20.0 Å². The van der Waals surface area contributed by atoms with Gasteiger partial charge in [-0.1, -0.05) is 41.9 Å². The van der Waals surface area contributed by atoms with Crippen LogP contribution in [0.25, 0.3) is 0 Å². The number of guanidine groups is 1. The molecule has 0 saturated heterocycles. The first-order valence-corrected chi connectivity index (χ1v) is 9.58. The molecular formula is C21H28ClIN4O2. The number of carbonyl (C=O) groups is 1. The van der Waals surface area contributed by atoms with Crippen molar-refractivity contribution in [2.24, 2.45) is 4.99 Å². The Labute approximate surface area is 194 Å². The van der Waals surface area contributed by atoms with Crippen molar-refractivity contribution in [3.63, 3.8) is 0 Å². The van der Waals surface area contributed by atoms with Gasteiger partial charge in [0.05, 0.1) is 17.1 Å². The maximum atomic E-state index is 12.1. The smallest absolute Gasteiger partial charge is 0.252 e. The number of aliphatic imine (C=N–C) groups is 1. The summed E-state index contributed by atoms with van der Waals surface area (Å²) in [6.45, 7) is 5.59. The summed E-state index contributed by atoms with van der Waals surface area (Å²) in [6.07, 6.45) is -0.0282. The Balaban J connectivity index is 0.00000420. The van der Waals surface area contributed by atoms with Crippen LogP contribution in [0.1, 0.15) is 22.8 Å². The highest BCUT2D eigenvalue weighted by Crippen LogP contribution is 2.17. The molecule has 0 aliphatic heterocycles. The summed E-state index contributed by atoms with van der Waals surface area (Å²) in [5.74, 6) is 1.32. The van der Waals surface area contributed by atoms with Gasteiger partial charge in [0, 0.05) is 20.1 Å². The van der Waals surface area contributed by atoms with Crippen LogP contribution in [-0.2, 0) is 0 Å². The number of para-hydroxylation sites is 1. The second-order valence-corrected chi connectivity index (χ2v) is 6.72. The fourth-order valence-electron chi connectivity index (χ4n) is 2.51. The van der Waals surface area contributed by atoms with E-state index >= 15 is 0 Å². The van der Waals surface area contributed by atoms with Gasteiger partial charge in [0.2, 0.25) is 0 Å². The number of hydrogen-bond acceptors (Lipinski definition) is 3. The van der Waals surface area contributed by atoms with Gasteiger partial charge < -0.3 is 20.7 Å². The van der Waals surface area contributed by atoms with Gasteiger partial charge in [-0.05, 0) is 37.6 Å². The second-order valence-electron chi connectivity index (χ2n) is 6.31. The van der Waals surface area contributed by atoms with E-state index in [0.717, 1.165) is 11.3 Å². The van der Waals surface area contributed by atoms with Gasteiger partial charge in [-0.2, -0.15) is 0 Å². The Morgan fingerprint density at radius 1 is 1.07 bits per heavy atom. The molecule has 0 radical (unpaired) electrons. The summed E-state index contributed by atoms with van der Waals surface area (Å²) in [5, 5.41) is 9.64. The molecule has 8 heteroatoms. The van der Waals surface area contributed by atoms with E-state index in [2.05, 4.69) is 20.9 Å². The second kappa shape index (κ2) is 13.3. The zero-order valence-electron chi connectivity index (χ0n) is 16.9. The molecule has 0 heterocycles. The standard InChI is InChI=1S/C21H27ClN4O2.HI/c1-15-8-4-7-11-19(15)28-16(2)14-26-21(23-3)25-13-12-24-20(27)17-9-5-6-10-18(17)22;/h4-11,16H,12-14H2,1-3H3,(H,24,27)(H2,23,25,26);1H. The van der Waals surface area contributed by atoms with E-state index < -0.39 is 0 Å². The molecule has 1 amide bonds. The normalized spacial score (nSPS) is 11.8. The summed E-state index contributed by atoms with van der Waals surface area (Å²) in [6, 6.07) is 14.9. The maximum absolute atomic E-state index is 12.1. The van der Waals surface area contributed by atoms with Crippen LogP contribution in [-0.4, -0.2) is 44.7 Å². The molecular weight excluding hydrogens is 503 g/mol. The summed E-state index contributed by atoms with van der Waals surface area (Å²) in [7, 11) is 1.70. The highest BCUT2D eigenvalue weighted by molar-refractivity contribution is 14.0. The van der Waals surface area contributed by atoms with Crippen LogP contribution in [0.2, 0.25) is 5.02 Å². The molecule has 6 nitrogen and oxygen atoms in total. The summed E-state index contributed by atoms with van der Waals surface area (Å²) < 4.78 is 5.94. The third-order valence-corrected chi connectivity index (χ3v) is 4.35. The van der Waals surface area contributed by atoms with E-state index in [1.807, 2.05) is 38.1 Å². The minimum Gasteiger partial charge on any atom is -0.489 e. The Hall–Kier alpha value is -2.00. The molecule has 0 aliphatic carbocycles. The van der Waals surface area contributed by atoms with E-state index in [0.29, 0.717) is 36.2 Å². The summed E-state index contributed by atoms with van der Waals surface area (Å²) in [4.78, 5) is 16.3. The van der Waals surface area contributed by atoms with Gasteiger partial charge in [-0.15, -0.1) is 24.0 Å². The van der Waals surface area contributed by atoms with Gasteiger partial charge in [0.15, 0.2) is 5.96 Å². The minimum absolute atomic E-state index is 0. The van der Waals surface area contributed by atoms with Crippen molar-refractivity contribution in [1.82, 2.24) is 16.0 Å². The number of nitrogens with zero attached hydrogens (tertiary/aromatic N) is 1. The van der Waals surface area contributed by atoms with Crippen LogP contribution >= 0.6 is 35.6 Å². The van der Waals surface area contributed by atoms with E-state index in [4.69, 9.17) is 16.3 Å². The average Bonchev–Trinajstić information content (AvgIpc) is 2.69. The highest BCUT2D eigenvalue weighted by Gasteiger charge is 2.09. The van der Waals surface area contributed by atoms with Crippen molar-refractivity contribution in [2.75, 3.05) is 26.7 Å². The molecule has 1 unspecified atom stereocenters. The number of carbonyl (C=O) groups excluding carboxylic acids is 1. The number of rotatable bonds is 8. The molecule has 0 aromatic heterocycles. The van der Waals surface area contributed by atoms with Gasteiger partial charge in [-0.25, -0.2) is 0 Å². The van der Waals surface area contributed by atoms with E-state index in [1.54, 1.807) is 31.3 Å². The molecule has 158 valence electrons. The van der Waals surface area contributed by atoms with Crippen molar-refractivity contribution >= 4 is 47.4 Å². The number of hydrogen-bond donors (Lipinski definition) is 3. The van der Waals surface area contributed by atoms with E-state index in [1.165, 1.54) is 0 Å². The number of aryl methyl sites for hydroxylation is 1. The summed E-state index contributed by atoms with van der Waals surface area (Å²) in [5.41, 5.74) is 1.57. The lowest BCUT2D eigenvalue weighted by atomic mass is 10.2. The molecule has 0 aliphatic rings. The molecule has 1 atom stereocenters. The third kappa shape index (κ3) is 8.49. The molecule has 2 aromatic rings. The van der Waals surface area contributed by atoms with Gasteiger partial charge >= 0.3 is 0 Å². The van der Waals surface area contributed by atoms with Crippen LogP contribution in [0.15, 0.2) is 53.5 Å². The SMILES string of the molecule is CN=C(NCCNC(=O)c1ccccc1Cl)NCC(C)Oc1ccccc1C.I. The van der Waals surface area contributed by atoms with E-state index in [9.17, 15) is 4.79 Å². The zero-order chi connectivity index (χ0) is 20.4. The first-order chi connectivity index (χ1) is 13.5. The monoisotopic (exact) mass is 530 g/mol. The van der Waals surface area contributed by atoms with Crippen LogP contribution < -0.4 is 20.7 Å². The number of ether oxygens (including phenoxy) is 1. The van der Waals surface area contributed by atoms with Crippen LogP contribution in [0, 0.1) is 6.92 Å². The molecule has 0 spiro atoms. The number of benzene rings is 2. The topological polar surface area (TPSA) is 74.8 Å². The Bertz CT molecular complexity index is 817. The predicted molar refractivity (Wildman–Crippen MR) is 130 cm³/mol. The fourth-order valence-corrected chi connectivity index (χ4v) is 2.73. The molecule has 0 bridgehead atoms. The maximum Gasteiger partial charge on any atom is 0.252 e. The fraction of sp³-hybridized carbons (Fsp3) is 0.333. The van der Waals surface area contributed by atoms with Crippen molar-refractivity contribution < 1.29 is 9.53 Å². The lowest BCUT2D eigenvalue weighted by Gasteiger charge is -2.19. The Morgan fingerprint density at radius 3 is 2.41 bits per heavy atom. The lowest BCUT2D eigenvalue weighted by molar-refractivity contribution is 0.0954. The molecule has 3 N–H and O–H groups in total. The predicted octanol–water partition coefficient (Wildman–Crippen LogP) is 3.63. The van der Waals surface area contributed by atoms with Gasteiger partial charge in [0.25, 0.3) is 5.91 Å². The molecule has 2 aromatic carbocycles. The third-order valence-electron chi connectivity index (χ3n) is 4.02. The van der Waals surface area contributed by atoms with Crippen LogP contribution in [0.5, 0.6) is 5.75 Å². The lowest BCUT2D eigenvalue weighted by Crippen LogP contribution is -2.44. The average molecular weight is 531 g/mol. The van der Waals surface area contributed by atoms with Gasteiger partial charge in [0.1, 0.15) is 11.9 Å². The highest BCUT2D eigenvalue weighted by atomic mass is 127. The molecule has 0 saturated carbocycles. The summed E-state index contributed by atoms with van der Waals surface area (Å²) >= 11 is 6.03. The number of nitrogens with one attached hydrogen (secondary N) is 3. The number of halogens is 2. The Kier molecular flexibility index (Phi) is 11.5. The first-order valence-electron chi connectivity index (χ1n) is 9.20. The first kappa shape index (κ1) is 25.0. The molecule has 29 heavy (non-hydrogen) atoms. The van der Waals surface area contributed by atoms with E-state index in [-0.39, 0.29) is 36.0 Å². The minimum atomic E-state index is -0.199. The van der Waals surface area contributed by atoms with Crippen molar-refractivity contribution in [1.29, 1.82) is 0 Å². The Morgan fingerprint density at radius 2 is 1.72 bits per heavy atom. The zero-order valence-corrected chi connectivity index (χ0v) is 20.0. The molecule has 2 rings (SSSR count).